The van der Waals surface area contributed by atoms with Crippen LogP contribution in [0.3, 0.4) is 0 Å². The minimum atomic E-state index is -0.843. The fraction of sp³-hybridized carbons (Fsp3) is 0.600. The first-order chi connectivity index (χ1) is 9.72. The fourth-order valence-electron chi connectivity index (χ4n) is 2.40. The van der Waals surface area contributed by atoms with Crippen LogP contribution in [0.2, 0.25) is 0 Å². The molecule has 0 aromatic heterocycles. The lowest BCUT2D eigenvalue weighted by Gasteiger charge is -2.29. The SMILES string of the molecule is CNCCC(O)C(O)c1cccc(N2CCOCC2)c1. The van der Waals surface area contributed by atoms with Crippen molar-refractivity contribution >= 4 is 5.69 Å². The highest BCUT2D eigenvalue weighted by Gasteiger charge is 2.19. The Hall–Kier alpha value is -1.14. The van der Waals surface area contributed by atoms with Crippen molar-refractivity contribution in [1.29, 1.82) is 0 Å². The third-order valence-corrected chi connectivity index (χ3v) is 3.64. The maximum absolute atomic E-state index is 10.2. The lowest BCUT2D eigenvalue weighted by molar-refractivity contribution is 0.0140. The number of aliphatic hydroxyl groups is 2. The zero-order valence-corrected chi connectivity index (χ0v) is 12.0. The minimum Gasteiger partial charge on any atom is -0.390 e. The molecule has 1 saturated heterocycles. The number of hydrogen-bond acceptors (Lipinski definition) is 5. The number of anilines is 1. The molecule has 3 N–H and O–H groups in total. The van der Waals surface area contributed by atoms with E-state index < -0.39 is 12.2 Å². The number of benzene rings is 1. The van der Waals surface area contributed by atoms with Crippen LogP contribution in [0.4, 0.5) is 5.69 Å². The van der Waals surface area contributed by atoms with E-state index in [0.717, 1.165) is 37.6 Å². The summed E-state index contributed by atoms with van der Waals surface area (Å²) >= 11 is 0. The summed E-state index contributed by atoms with van der Waals surface area (Å²) in [5.41, 5.74) is 1.84. The molecule has 2 rings (SSSR count). The molecule has 0 saturated carbocycles. The summed E-state index contributed by atoms with van der Waals surface area (Å²) in [4.78, 5) is 2.24. The molecule has 2 atom stereocenters. The van der Waals surface area contributed by atoms with Crippen molar-refractivity contribution in [3.8, 4) is 0 Å². The zero-order chi connectivity index (χ0) is 14.4. The lowest BCUT2D eigenvalue weighted by Crippen LogP contribution is -2.36. The van der Waals surface area contributed by atoms with Gasteiger partial charge in [-0.25, -0.2) is 0 Å². The van der Waals surface area contributed by atoms with Gasteiger partial charge < -0.3 is 25.2 Å². The van der Waals surface area contributed by atoms with Crippen LogP contribution in [-0.4, -0.2) is 56.2 Å². The summed E-state index contributed by atoms with van der Waals surface area (Å²) < 4.78 is 5.34. The van der Waals surface area contributed by atoms with E-state index in [1.807, 2.05) is 31.3 Å². The van der Waals surface area contributed by atoms with Gasteiger partial charge in [-0.1, -0.05) is 12.1 Å². The van der Waals surface area contributed by atoms with Gasteiger partial charge in [0.05, 0.1) is 19.3 Å². The summed E-state index contributed by atoms with van der Waals surface area (Å²) in [7, 11) is 1.83. The predicted molar refractivity (Wildman–Crippen MR) is 79.0 cm³/mol. The first kappa shape index (κ1) is 15.3. The van der Waals surface area contributed by atoms with Gasteiger partial charge in [0, 0.05) is 18.8 Å². The topological polar surface area (TPSA) is 65.0 Å². The quantitative estimate of drug-likeness (QED) is 0.709. The van der Waals surface area contributed by atoms with E-state index in [9.17, 15) is 10.2 Å². The standard InChI is InChI=1S/C15H24N2O3/c1-16-6-5-14(18)15(19)12-3-2-4-13(11-12)17-7-9-20-10-8-17/h2-4,11,14-16,18-19H,5-10H2,1H3. The molecule has 1 fully saturated rings. The molecule has 5 heteroatoms. The van der Waals surface area contributed by atoms with Crippen molar-refractivity contribution in [2.75, 3.05) is 44.8 Å². The van der Waals surface area contributed by atoms with Gasteiger partial charge in [0.2, 0.25) is 0 Å². The van der Waals surface area contributed by atoms with Crippen LogP contribution in [0.1, 0.15) is 18.1 Å². The Morgan fingerprint density at radius 2 is 2.05 bits per heavy atom. The number of ether oxygens (including phenoxy) is 1. The monoisotopic (exact) mass is 280 g/mol. The third kappa shape index (κ3) is 3.93. The second kappa shape index (κ2) is 7.59. The molecule has 1 heterocycles. The number of hydrogen-bond donors (Lipinski definition) is 3. The van der Waals surface area contributed by atoms with Crippen molar-refractivity contribution in [1.82, 2.24) is 5.32 Å². The summed E-state index contributed by atoms with van der Waals surface area (Å²) in [6.07, 6.45) is -1.06. The first-order valence-electron chi connectivity index (χ1n) is 7.15. The summed E-state index contributed by atoms with van der Waals surface area (Å²) in [5.74, 6) is 0. The molecular formula is C15H24N2O3. The number of morpholine rings is 1. The predicted octanol–water partition coefficient (Wildman–Crippen LogP) is 0.527. The zero-order valence-electron chi connectivity index (χ0n) is 12.0. The van der Waals surface area contributed by atoms with Gasteiger partial charge in [-0.3, -0.25) is 0 Å². The molecule has 20 heavy (non-hydrogen) atoms. The Morgan fingerprint density at radius 1 is 1.30 bits per heavy atom. The van der Waals surface area contributed by atoms with E-state index in [1.165, 1.54) is 0 Å². The molecule has 1 aromatic rings. The van der Waals surface area contributed by atoms with Crippen LogP contribution in [0.25, 0.3) is 0 Å². The van der Waals surface area contributed by atoms with E-state index in [-0.39, 0.29) is 0 Å². The normalized spacial score (nSPS) is 18.9. The van der Waals surface area contributed by atoms with Gasteiger partial charge in [-0.05, 0) is 37.7 Å². The molecule has 1 aliphatic rings. The van der Waals surface area contributed by atoms with Crippen LogP contribution in [0, 0.1) is 0 Å². The summed E-state index contributed by atoms with van der Waals surface area (Å²) in [6, 6.07) is 7.77. The van der Waals surface area contributed by atoms with Crippen LogP contribution in [0.5, 0.6) is 0 Å². The van der Waals surface area contributed by atoms with Crippen molar-refractivity contribution in [3.63, 3.8) is 0 Å². The van der Waals surface area contributed by atoms with Gasteiger partial charge in [0.25, 0.3) is 0 Å². The average Bonchev–Trinajstić information content (AvgIpc) is 2.53. The van der Waals surface area contributed by atoms with Gasteiger partial charge in [0.15, 0.2) is 0 Å². The number of rotatable bonds is 6. The molecule has 2 unspecified atom stereocenters. The molecule has 0 aliphatic carbocycles. The molecule has 1 aliphatic heterocycles. The molecule has 112 valence electrons. The second-order valence-electron chi connectivity index (χ2n) is 5.10. The van der Waals surface area contributed by atoms with Crippen LogP contribution >= 0.6 is 0 Å². The summed E-state index contributed by atoms with van der Waals surface area (Å²) in [5, 5.41) is 23.2. The van der Waals surface area contributed by atoms with E-state index in [1.54, 1.807) is 0 Å². The lowest BCUT2D eigenvalue weighted by atomic mass is 10.0. The molecule has 0 bridgehead atoms. The van der Waals surface area contributed by atoms with Gasteiger partial charge >= 0.3 is 0 Å². The Morgan fingerprint density at radius 3 is 2.75 bits per heavy atom. The Bertz CT molecular complexity index is 408. The molecule has 5 nitrogen and oxygen atoms in total. The molecule has 1 aromatic carbocycles. The van der Waals surface area contributed by atoms with Crippen molar-refractivity contribution in [2.24, 2.45) is 0 Å². The first-order valence-corrected chi connectivity index (χ1v) is 7.15. The van der Waals surface area contributed by atoms with Crippen molar-refractivity contribution < 1.29 is 14.9 Å². The van der Waals surface area contributed by atoms with E-state index in [0.29, 0.717) is 13.0 Å². The largest absolute Gasteiger partial charge is 0.390 e. The summed E-state index contributed by atoms with van der Waals surface area (Å²) in [6.45, 7) is 3.88. The smallest absolute Gasteiger partial charge is 0.105 e. The van der Waals surface area contributed by atoms with Crippen LogP contribution < -0.4 is 10.2 Å². The highest BCUT2D eigenvalue weighted by Crippen LogP contribution is 2.24. The highest BCUT2D eigenvalue weighted by molar-refractivity contribution is 5.49. The van der Waals surface area contributed by atoms with Crippen molar-refractivity contribution in [3.05, 3.63) is 29.8 Å². The Balaban J connectivity index is 2.04. The Kier molecular flexibility index (Phi) is 5.79. The maximum atomic E-state index is 10.2. The minimum absolute atomic E-state index is 0.527. The maximum Gasteiger partial charge on any atom is 0.105 e. The molecular weight excluding hydrogens is 256 g/mol. The third-order valence-electron chi connectivity index (χ3n) is 3.64. The van der Waals surface area contributed by atoms with E-state index in [4.69, 9.17) is 4.74 Å². The molecule has 0 radical (unpaired) electrons. The average molecular weight is 280 g/mol. The van der Waals surface area contributed by atoms with Gasteiger partial charge in [-0.2, -0.15) is 0 Å². The molecule has 0 amide bonds. The highest BCUT2D eigenvalue weighted by atomic mass is 16.5. The van der Waals surface area contributed by atoms with E-state index in [2.05, 4.69) is 10.2 Å². The van der Waals surface area contributed by atoms with Crippen LogP contribution in [0.15, 0.2) is 24.3 Å². The number of aliphatic hydroxyl groups excluding tert-OH is 2. The van der Waals surface area contributed by atoms with Gasteiger partial charge in [-0.15, -0.1) is 0 Å². The van der Waals surface area contributed by atoms with E-state index >= 15 is 0 Å². The van der Waals surface area contributed by atoms with Crippen LogP contribution in [-0.2, 0) is 4.74 Å². The van der Waals surface area contributed by atoms with Gasteiger partial charge in [0.1, 0.15) is 6.10 Å². The number of nitrogens with zero attached hydrogens (tertiary/aromatic N) is 1. The number of nitrogens with one attached hydrogen (secondary N) is 1. The second-order valence-corrected chi connectivity index (χ2v) is 5.10. The molecule has 0 spiro atoms. The van der Waals surface area contributed by atoms with Crippen molar-refractivity contribution in [2.45, 2.75) is 18.6 Å². The Labute approximate surface area is 120 Å². The fourth-order valence-corrected chi connectivity index (χ4v) is 2.40.